The van der Waals surface area contributed by atoms with Crippen molar-refractivity contribution < 1.29 is 0 Å². The van der Waals surface area contributed by atoms with Crippen LogP contribution in [0.5, 0.6) is 0 Å². The number of fused-ring (bicyclic) bond motifs is 1. The van der Waals surface area contributed by atoms with Crippen LogP contribution in [0.15, 0.2) is 22.7 Å². The molecule has 2 nitrogen and oxygen atoms in total. The molecule has 1 aromatic rings. The third kappa shape index (κ3) is 2.63. The minimum atomic E-state index is 0.164. The van der Waals surface area contributed by atoms with Crippen molar-refractivity contribution in [1.82, 2.24) is 4.90 Å². The highest BCUT2D eigenvalue weighted by Crippen LogP contribution is 2.33. The Kier molecular flexibility index (Phi) is 4.46. The van der Waals surface area contributed by atoms with Crippen LogP contribution in [0, 0.1) is 0 Å². The van der Waals surface area contributed by atoms with E-state index in [1.807, 2.05) is 0 Å². The molecule has 0 heterocycles. The number of benzene rings is 1. The molecule has 0 aliphatic heterocycles. The van der Waals surface area contributed by atoms with Crippen LogP contribution >= 0.6 is 15.9 Å². The molecule has 1 unspecified atom stereocenters. The number of aryl methyl sites for hydroxylation is 1. The van der Waals surface area contributed by atoms with Gasteiger partial charge in [-0.3, -0.25) is 4.90 Å². The second-order valence-electron chi connectivity index (χ2n) is 5.44. The molecule has 1 atom stereocenters. The van der Waals surface area contributed by atoms with Gasteiger partial charge in [-0.05, 0) is 62.5 Å². The van der Waals surface area contributed by atoms with Crippen LogP contribution in [-0.2, 0) is 12.8 Å². The van der Waals surface area contributed by atoms with Crippen LogP contribution in [0.25, 0.3) is 0 Å². The van der Waals surface area contributed by atoms with E-state index >= 15 is 0 Å². The molecule has 0 spiro atoms. The van der Waals surface area contributed by atoms with Gasteiger partial charge in [-0.15, -0.1) is 0 Å². The predicted octanol–water partition coefficient (Wildman–Crippen LogP) is 2.98. The van der Waals surface area contributed by atoms with E-state index < -0.39 is 0 Å². The fourth-order valence-corrected chi connectivity index (χ4v) is 3.45. The first-order valence-electron chi connectivity index (χ1n) is 6.80. The highest BCUT2D eigenvalue weighted by atomic mass is 79.9. The molecule has 2 N–H and O–H groups in total. The Hall–Kier alpha value is -0.380. The molecule has 0 bridgehead atoms. The van der Waals surface area contributed by atoms with Gasteiger partial charge in [0.1, 0.15) is 0 Å². The van der Waals surface area contributed by atoms with Gasteiger partial charge in [0.15, 0.2) is 0 Å². The monoisotopic (exact) mass is 310 g/mol. The molecule has 3 heteroatoms. The molecule has 1 aliphatic carbocycles. The van der Waals surface area contributed by atoms with Crippen molar-refractivity contribution in [2.24, 2.45) is 5.73 Å². The molecular weight excluding hydrogens is 288 g/mol. The topological polar surface area (TPSA) is 29.3 Å². The fraction of sp³-hybridized carbons (Fsp3) is 0.600. The number of nitrogens with zero attached hydrogens (tertiary/aromatic N) is 1. The summed E-state index contributed by atoms with van der Waals surface area (Å²) in [5, 5.41) is 0. The van der Waals surface area contributed by atoms with Gasteiger partial charge in [0.25, 0.3) is 0 Å². The largest absolute Gasteiger partial charge is 0.329 e. The van der Waals surface area contributed by atoms with Gasteiger partial charge in [0, 0.05) is 16.6 Å². The summed E-state index contributed by atoms with van der Waals surface area (Å²) in [4.78, 5) is 2.47. The maximum absolute atomic E-state index is 6.11. The van der Waals surface area contributed by atoms with Crippen molar-refractivity contribution in [3.05, 3.63) is 33.8 Å². The Morgan fingerprint density at radius 2 is 2.17 bits per heavy atom. The molecular formula is C15H23BrN2. The first kappa shape index (κ1) is 14.0. The van der Waals surface area contributed by atoms with Crippen molar-refractivity contribution in [3.8, 4) is 0 Å². The Morgan fingerprint density at radius 1 is 1.39 bits per heavy atom. The molecule has 0 radical (unpaired) electrons. The lowest BCUT2D eigenvalue weighted by Crippen LogP contribution is -2.55. The van der Waals surface area contributed by atoms with Gasteiger partial charge < -0.3 is 5.73 Å². The van der Waals surface area contributed by atoms with E-state index in [1.54, 1.807) is 0 Å². The highest BCUT2D eigenvalue weighted by Gasteiger charge is 2.36. The number of likely N-dealkylation sites (N-methyl/N-ethyl adjacent to an activating group) is 1. The predicted molar refractivity (Wildman–Crippen MR) is 80.9 cm³/mol. The SMILES string of the molecule is CCCN(C)C1(CN)CCc2cc(Br)ccc2C1. The van der Waals surface area contributed by atoms with E-state index in [9.17, 15) is 0 Å². The van der Waals surface area contributed by atoms with Crippen molar-refractivity contribution in [1.29, 1.82) is 0 Å². The van der Waals surface area contributed by atoms with E-state index in [1.165, 1.54) is 28.4 Å². The second-order valence-corrected chi connectivity index (χ2v) is 6.36. The maximum atomic E-state index is 6.11. The van der Waals surface area contributed by atoms with Crippen molar-refractivity contribution in [2.45, 2.75) is 38.1 Å². The van der Waals surface area contributed by atoms with Gasteiger partial charge in [0.05, 0.1) is 0 Å². The standard InChI is InChI=1S/C15H23BrN2/c1-3-8-18(2)15(11-17)7-6-12-9-14(16)5-4-13(12)10-15/h4-5,9H,3,6-8,10-11,17H2,1-2H3. The summed E-state index contributed by atoms with van der Waals surface area (Å²) in [5.74, 6) is 0. The molecule has 0 saturated carbocycles. The van der Waals surface area contributed by atoms with Crippen LogP contribution in [0.4, 0.5) is 0 Å². The Labute approximate surface area is 119 Å². The van der Waals surface area contributed by atoms with E-state index in [4.69, 9.17) is 5.73 Å². The zero-order valence-electron chi connectivity index (χ0n) is 11.4. The summed E-state index contributed by atoms with van der Waals surface area (Å²) in [7, 11) is 2.22. The molecule has 1 aromatic carbocycles. The van der Waals surface area contributed by atoms with Gasteiger partial charge >= 0.3 is 0 Å². The third-order valence-corrected chi connectivity index (χ3v) is 4.79. The average molecular weight is 311 g/mol. The minimum Gasteiger partial charge on any atom is -0.329 e. The molecule has 0 aromatic heterocycles. The Balaban J connectivity index is 2.25. The molecule has 0 fully saturated rings. The van der Waals surface area contributed by atoms with Gasteiger partial charge in [0.2, 0.25) is 0 Å². The molecule has 0 saturated heterocycles. The van der Waals surface area contributed by atoms with E-state index in [-0.39, 0.29) is 5.54 Å². The zero-order chi connectivity index (χ0) is 13.2. The fourth-order valence-electron chi connectivity index (χ4n) is 3.04. The van der Waals surface area contributed by atoms with E-state index in [2.05, 4.69) is 53.0 Å². The summed E-state index contributed by atoms with van der Waals surface area (Å²) >= 11 is 3.55. The van der Waals surface area contributed by atoms with Gasteiger partial charge in [-0.1, -0.05) is 28.9 Å². The number of hydrogen-bond acceptors (Lipinski definition) is 2. The Bertz CT molecular complexity index is 419. The van der Waals surface area contributed by atoms with Crippen molar-refractivity contribution in [2.75, 3.05) is 20.1 Å². The van der Waals surface area contributed by atoms with Gasteiger partial charge in [-0.2, -0.15) is 0 Å². The van der Waals surface area contributed by atoms with Crippen molar-refractivity contribution in [3.63, 3.8) is 0 Å². The quantitative estimate of drug-likeness (QED) is 0.926. The van der Waals surface area contributed by atoms with Crippen LogP contribution in [0.1, 0.15) is 30.9 Å². The summed E-state index contributed by atoms with van der Waals surface area (Å²) in [5.41, 5.74) is 9.22. The van der Waals surface area contributed by atoms with Crippen molar-refractivity contribution >= 4 is 15.9 Å². The lowest BCUT2D eigenvalue weighted by Gasteiger charge is -2.44. The number of hydrogen-bond donors (Lipinski definition) is 1. The maximum Gasteiger partial charge on any atom is 0.0372 e. The number of nitrogens with two attached hydrogens (primary N) is 1. The number of rotatable bonds is 4. The second kappa shape index (κ2) is 5.72. The summed E-state index contributed by atoms with van der Waals surface area (Å²) < 4.78 is 1.18. The first-order chi connectivity index (χ1) is 8.61. The summed E-state index contributed by atoms with van der Waals surface area (Å²) in [6.45, 7) is 4.11. The number of halogens is 1. The highest BCUT2D eigenvalue weighted by molar-refractivity contribution is 9.10. The zero-order valence-corrected chi connectivity index (χ0v) is 13.0. The Morgan fingerprint density at radius 3 is 2.83 bits per heavy atom. The molecule has 18 heavy (non-hydrogen) atoms. The molecule has 2 rings (SSSR count). The normalized spacial score (nSPS) is 23.2. The average Bonchev–Trinajstić information content (AvgIpc) is 2.38. The smallest absolute Gasteiger partial charge is 0.0372 e. The van der Waals surface area contributed by atoms with E-state index in [0.717, 1.165) is 25.9 Å². The van der Waals surface area contributed by atoms with Crippen LogP contribution < -0.4 is 5.73 Å². The van der Waals surface area contributed by atoms with Crippen LogP contribution in [-0.4, -0.2) is 30.6 Å². The van der Waals surface area contributed by atoms with Gasteiger partial charge in [-0.25, -0.2) is 0 Å². The minimum absolute atomic E-state index is 0.164. The van der Waals surface area contributed by atoms with E-state index in [0.29, 0.717) is 0 Å². The molecule has 0 amide bonds. The molecule has 100 valence electrons. The lowest BCUT2D eigenvalue weighted by molar-refractivity contribution is 0.109. The summed E-state index contributed by atoms with van der Waals surface area (Å²) in [6.07, 6.45) is 4.58. The lowest BCUT2D eigenvalue weighted by atomic mass is 9.77. The van der Waals surface area contributed by atoms with Crippen LogP contribution in [0.3, 0.4) is 0 Å². The molecule has 1 aliphatic rings. The first-order valence-corrected chi connectivity index (χ1v) is 7.59. The van der Waals surface area contributed by atoms with Crippen LogP contribution in [0.2, 0.25) is 0 Å². The summed E-state index contributed by atoms with van der Waals surface area (Å²) in [6, 6.07) is 6.66. The third-order valence-electron chi connectivity index (χ3n) is 4.30.